The van der Waals surface area contributed by atoms with Gasteiger partial charge >= 0.3 is 7.12 Å². The molecule has 0 saturated carbocycles. The molecule has 1 atom stereocenters. The number of benzene rings is 1. The fourth-order valence-electron chi connectivity index (χ4n) is 2.73. The SMILES string of the molecule is CC1(C)OB(c2cc(OC[C@H]3CCCO3)ccc2F)OC1(C)C. The van der Waals surface area contributed by atoms with E-state index in [0.29, 0.717) is 17.8 Å². The average Bonchev–Trinajstić information content (AvgIpc) is 3.04. The van der Waals surface area contributed by atoms with Crippen LogP contribution in [0.4, 0.5) is 4.39 Å². The van der Waals surface area contributed by atoms with E-state index in [1.54, 1.807) is 12.1 Å². The van der Waals surface area contributed by atoms with E-state index in [0.717, 1.165) is 19.4 Å². The highest BCUT2D eigenvalue weighted by atomic mass is 19.1. The summed E-state index contributed by atoms with van der Waals surface area (Å²) in [6.45, 7) is 9.06. The lowest BCUT2D eigenvalue weighted by Crippen LogP contribution is -2.41. The van der Waals surface area contributed by atoms with E-state index in [-0.39, 0.29) is 11.9 Å². The normalized spacial score (nSPS) is 25.8. The first-order valence-electron chi connectivity index (χ1n) is 8.18. The Kier molecular flexibility index (Phi) is 4.42. The summed E-state index contributed by atoms with van der Waals surface area (Å²) in [5, 5.41) is 0. The Bertz CT molecular complexity index is 554. The Morgan fingerprint density at radius 3 is 2.52 bits per heavy atom. The molecule has 2 aliphatic rings. The molecule has 1 aromatic carbocycles. The van der Waals surface area contributed by atoms with E-state index in [9.17, 15) is 4.39 Å². The van der Waals surface area contributed by atoms with Gasteiger partial charge in [0.25, 0.3) is 0 Å². The quantitative estimate of drug-likeness (QED) is 0.799. The molecule has 0 radical (unpaired) electrons. The summed E-state index contributed by atoms with van der Waals surface area (Å²) in [4.78, 5) is 0. The monoisotopic (exact) mass is 322 g/mol. The molecule has 126 valence electrons. The molecule has 4 nitrogen and oxygen atoms in total. The van der Waals surface area contributed by atoms with Crippen LogP contribution in [0.15, 0.2) is 18.2 Å². The van der Waals surface area contributed by atoms with Crippen molar-refractivity contribution in [2.45, 2.75) is 57.8 Å². The van der Waals surface area contributed by atoms with Crippen molar-refractivity contribution in [2.75, 3.05) is 13.2 Å². The first kappa shape index (κ1) is 16.7. The average molecular weight is 322 g/mol. The number of rotatable bonds is 4. The molecule has 0 aromatic heterocycles. The summed E-state index contributed by atoms with van der Waals surface area (Å²) < 4.78 is 37.3. The molecule has 0 unspecified atom stereocenters. The van der Waals surface area contributed by atoms with Gasteiger partial charge in [-0.15, -0.1) is 0 Å². The van der Waals surface area contributed by atoms with Crippen LogP contribution < -0.4 is 10.2 Å². The first-order valence-corrected chi connectivity index (χ1v) is 8.18. The Hall–Kier alpha value is -1.11. The molecule has 3 rings (SSSR count). The Morgan fingerprint density at radius 1 is 1.22 bits per heavy atom. The van der Waals surface area contributed by atoms with Crippen LogP contribution in [-0.4, -0.2) is 37.6 Å². The molecule has 0 amide bonds. The molecule has 2 heterocycles. The van der Waals surface area contributed by atoms with Crippen molar-refractivity contribution in [3.05, 3.63) is 24.0 Å². The van der Waals surface area contributed by atoms with Crippen LogP contribution in [0.25, 0.3) is 0 Å². The zero-order chi connectivity index (χ0) is 16.7. The second-order valence-electron chi connectivity index (χ2n) is 7.22. The summed E-state index contributed by atoms with van der Waals surface area (Å²) in [6.07, 6.45) is 2.20. The lowest BCUT2D eigenvalue weighted by molar-refractivity contribution is 0.00578. The zero-order valence-corrected chi connectivity index (χ0v) is 14.2. The van der Waals surface area contributed by atoms with Crippen LogP contribution in [0.2, 0.25) is 0 Å². The van der Waals surface area contributed by atoms with E-state index in [4.69, 9.17) is 18.8 Å². The molecule has 23 heavy (non-hydrogen) atoms. The third-order valence-electron chi connectivity index (χ3n) is 4.93. The van der Waals surface area contributed by atoms with Gasteiger partial charge in [0.05, 0.1) is 17.3 Å². The molecule has 0 aliphatic carbocycles. The minimum atomic E-state index is -0.730. The van der Waals surface area contributed by atoms with Crippen molar-refractivity contribution >= 4 is 12.6 Å². The van der Waals surface area contributed by atoms with Gasteiger partial charge in [0.1, 0.15) is 18.2 Å². The van der Waals surface area contributed by atoms with Crippen molar-refractivity contribution in [2.24, 2.45) is 0 Å². The molecule has 2 saturated heterocycles. The van der Waals surface area contributed by atoms with Crippen molar-refractivity contribution in [1.82, 2.24) is 0 Å². The number of hydrogen-bond donors (Lipinski definition) is 0. The highest BCUT2D eigenvalue weighted by Crippen LogP contribution is 2.36. The topological polar surface area (TPSA) is 36.9 Å². The molecule has 6 heteroatoms. The molecular formula is C17H24BFO4. The number of ether oxygens (including phenoxy) is 2. The Labute approximate surface area is 137 Å². The Balaban J connectivity index is 1.73. The summed E-state index contributed by atoms with van der Waals surface area (Å²) in [6, 6.07) is 4.68. The van der Waals surface area contributed by atoms with Gasteiger partial charge in [-0.25, -0.2) is 4.39 Å². The van der Waals surface area contributed by atoms with Crippen LogP contribution in [0.1, 0.15) is 40.5 Å². The second kappa shape index (κ2) is 6.08. The maximum Gasteiger partial charge on any atom is 0.497 e. The van der Waals surface area contributed by atoms with Gasteiger partial charge < -0.3 is 18.8 Å². The molecular weight excluding hydrogens is 298 g/mol. The fourth-order valence-corrected chi connectivity index (χ4v) is 2.73. The molecule has 2 aliphatic heterocycles. The lowest BCUT2D eigenvalue weighted by atomic mass is 9.78. The van der Waals surface area contributed by atoms with E-state index < -0.39 is 18.3 Å². The van der Waals surface area contributed by atoms with Gasteiger partial charge in [-0.1, -0.05) is 0 Å². The van der Waals surface area contributed by atoms with E-state index in [1.165, 1.54) is 6.07 Å². The minimum Gasteiger partial charge on any atom is -0.491 e. The van der Waals surface area contributed by atoms with Crippen molar-refractivity contribution in [3.8, 4) is 5.75 Å². The van der Waals surface area contributed by atoms with Gasteiger partial charge in [0.15, 0.2) is 0 Å². The van der Waals surface area contributed by atoms with E-state index >= 15 is 0 Å². The van der Waals surface area contributed by atoms with Crippen LogP contribution in [0, 0.1) is 5.82 Å². The number of halogens is 1. The van der Waals surface area contributed by atoms with Gasteiger partial charge in [-0.3, -0.25) is 0 Å². The van der Waals surface area contributed by atoms with Crippen LogP contribution >= 0.6 is 0 Å². The number of hydrogen-bond acceptors (Lipinski definition) is 4. The second-order valence-corrected chi connectivity index (χ2v) is 7.22. The standard InChI is InChI=1S/C17H24BFO4/c1-16(2)17(3,4)23-18(22-16)14-10-12(7-8-15(14)19)21-11-13-6-5-9-20-13/h7-8,10,13H,5-6,9,11H2,1-4H3/t13-/m1/s1. The van der Waals surface area contributed by atoms with Gasteiger partial charge in [-0.05, 0) is 58.7 Å². The van der Waals surface area contributed by atoms with Crippen molar-refractivity contribution < 1.29 is 23.2 Å². The molecule has 0 bridgehead atoms. The summed E-state index contributed by atoms with van der Waals surface area (Å²) in [7, 11) is -0.730. The largest absolute Gasteiger partial charge is 0.497 e. The van der Waals surface area contributed by atoms with Gasteiger partial charge in [0.2, 0.25) is 0 Å². The predicted molar refractivity (Wildman–Crippen MR) is 86.6 cm³/mol. The third kappa shape index (κ3) is 3.39. The van der Waals surface area contributed by atoms with Gasteiger partial charge in [0, 0.05) is 12.1 Å². The lowest BCUT2D eigenvalue weighted by Gasteiger charge is -2.32. The van der Waals surface area contributed by atoms with Crippen LogP contribution in [0.5, 0.6) is 5.75 Å². The summed E-state index contributed by atoms with van der Waals surface area (Å²) >= 11 is 0. The first-order chi connectivity index (χ1) is 10.8. The van der Waals surface area contributed by atoms with E-state index in [2.05, 4.69) is 0 Å². The highest BCUT2D eigenvalue weighted by Gasteiger charge is 2.52. The summed E-state index contributed by atoms with van der Waals surface area (Å²) in [5.41, 5.74) is -0.634. The molecule has 1 aromatic rings. The maximum absolute atomic E-state index is 14.2. The molecule has 0 N–H and O–H groups in total. The van der Waals surface area contributed by atoms with Crippen LogP contribution in [-0.2, 0) is 14.0 Å². The van der Waals surface area contributed by atoms with Crippen molar-refractivity contribution in [3.63, 3.8) is 0 Å². The molecule has 2 fully saturated rings. The van der Waals surface area contributed by atoms with Crippen LogP contribution in [0.3, 0.4) is 0 Å². The third-order valence-corrected chi connectivity index (χ3v) is 4.93. The fraction of sp³-hybridized carbons (Fsp3) is 0.647. The predicted octanol–water partition coefficient (Wildman–Crippen LogP) is 2.68. The molecule has 0 spiro atoms. The smallest absolute Gasteiger partial charge is 0.491 e. The summed E-state index contributed by atoms with van der Waals surface area (Å²) in [5.74, 6) is 0.250. The minimum absolute atomic E-state index is 0.125. The van der Waals surface area contributed by atoms with Crippen molar-refractivity contribution in [1.29, 1.82) is 0 Å². The zero-order valence-electron chi connectivity index (χ0n) is 14.2. The maximum atomic E-state index is 14.2. The highest BCUT2D eigenvalue weighted by molar-refractivity contribution is 6.62. The van der Waals surface area contributed by atoms with E-state index in [1.807, 2.05) is 27.7 Å². The van der Waals surface area contributed by atoms with Gasteiger partial charge in [-0.2, -0.15) is 0 Å². The Morgan fingerprint density at radius 2 is 1.91 bits per heavy atom.